The molecule has 1 aromatic heterocycles. The Morgan fingerprint density at radius 2 is 2.31 bits per heavy atom. The standard InChI is InChI=1S/C11H17N3O2/c1-8-6-9(14-16-8)10(15)13-11(7-12)4-2-3-5-11/h6H,2-5,7,12H2,1H3,(H,13,15). The maximum atomic E-state index is 11.9. The number of hydrogen-bond acceptors (Lipinski definition) is 4. The van der Waals surface area contributed by atoms with Crippen LogP contribution in [0.2, 0.25) is 0 Å². The van der Waals surface area contributed by atoms with Crippen molar-refractivity contribution in [1.82, 2.24) is 10.5 Å². The fourth-order valence-electron chi connectivity index (χ4n) is 2.21. The first-order valence-corrected chi connectivity index (χ1v) is 5.61. The fourth-order valence-corrected chi connectivity index (χ4v) is 2.21. The van der Waals surface area contributed by atoms with E-state index in [0.717, 1.165) is 25.7 Å². The Kier molecular flexibility index (Phi) is 2.96. The van der Waals surface area contributed by atoms with E-state index in [-0.39, 0.29) is 11.4 Å². The topological polar surface area (TPSA) is 81.2 Å². The normalized spacial score (nSPS) is 18.6. The van der Waals surface area contributed by atoms with Crippen LogP contribution in [0.1, 0.15) is 41.9 Å². The number of nitrogens with zero attached hydrogens (tertiary/aromatic N) is 1. The van der Waals surface area contributed by atoms with Crippen LogP contribution in [0, 0.1) is 6.92 Å². The monoisotopic (exact) mass is 223 g/mol. The van der Waals surface area contributed by atoms with E-state index >= 15 is 0 Å². The summed E-state index contributed by atoms with van der Waals surface area (Å²) in [7, 11) is 0. The van der Waals surface area contributed by atoms with Gasteiger partial charge in [0, 0.05) is 12.6 Å². The highest BCUT2D eigenvalue weighted by Gasteiger charge is 2.34. The lowest BCUT2D eigenvalue weighted by molar-refractivity contribution is 0.0893. The summed E-state index contributed by atoms with van der Waals surface area (Å²) in [6.07, 6.45) is 4.14. The van der Waals surface area contributed by atoms with E-state index in [1.54, 1.807) is 13.0 Å². The van der Waals surface area contributed by atoms with E-state index < -0.39 is 0 Å². The first-order chi connectivity index (χ1) is 7.65. The summed E-state index contributed by atoms with van der Waals surface area (Å²) in [5.41, 5.74) is 5.84. The molecule has 1 aromatic rings. The Balaban J connectivity index is 2.06. The number of carbonyl (C=O) groups is 1. The summed E-state index contributed by atoms with van der Waals surface area (Å²) in [4.78, 5) is 11.9. The van der Waals surface area contributed by atoms with Crippen molar-refractivity contribution in [3.63, 3.8) is 0 Å². The van der Waals surface area contributed by atoms with Gasteiger partial charge in [-0.3, -0.25) is 4.79 Å². The Morgan fingerprint density at radius 1 is 1.62 bits per heavy atom. The molecule has 1 aliphatic carbocycles. The number of hydrogen-bond donors (Lipinski definition) is 2. The van der Waals surface area contributed by atoms with E-state index in [1.165, 1.54) is 0 Å². The highest BCUT2D eigenvalue weighted by atomic mass is 16.5. The largest absolute Gasteiger partial charge is 0.361 e. The smallest absolute Gasteiger partial charge is 0.273 e. The molecule has 88 valence electrons. The zero-order chi connectivity index (χ0) is 11.6. The molecule has 0 bridgehead atoms. The van der Waals surface area contributed by atoms with Gasteiger partial charge in [-0.05, 0) is 19.8 Å². The zero-order valence-electron chi connectivity index (χ0n) is 9.45. The summed E-state index contributed by atoms with van der Waals surface area (Å²) in [5.74, 6) is 0.447. The van der Waals surface area contributed by atoms with E-state index in [4.69, 9.17) is 10.3 Å². The van der Waals surface area contributed by atoms with Gasteiger partial charge in [-0.25, -0.2) is 0 Å². The van der Waals surface area contributed by atoms with Crippen LogP contribution >= 0.6 is 0 Å². The Hall–Kier alpha value is -1.36. The van der Waals surface area contributed by atoms with Gasteiger partial charge in [0.25, 0.3) is 5.91 Å². The Morgan fingerprint density at radius 3 is 2.81 bits per heavy atom. The van der Waals surface area contributed by atoms with Gasteiger partial charge < -0.3 is 15.6 Å². The first-order valence-electron chi connectivity index (χ1n) is 5.61. The molecule has 0 unspecified atom stereocenters. The third kappa shape index (κ3) is 2.09. The van der Waals surface area contributed by atoms with Crippen LogP contribution in [0.4, 0.5) is 0 Å². The zero-order valence-corrected chi connectivity index (χ0v) is 9.45. The van der Waals surface area contributed by atoms with Gasteiger partial charge in [0.1, 0.15) is 5.76 Å². The molecule has 0 radical (unpaired) electrons. The second-order valence-electron chi connectivity index (χ2n) is 4.47. The van der Waals surface area contributed by atoms with Crippen molar-refractivity contribution in [1.29, 1.82) is 0 Å². The second kappa shape index (κ2) is 4.25. The van der Waals surface area contributed by atoms with E-state index in [0.29, 0.717) is 18.0 Å². The third-order valence-corrected chi connectivity index (χ3v) is 3.19. The van der Waals surface area contributed by atoms with Gasteiger partial charge in [-0.2, -0.15) is 0 Å². The average Bonchev–Trinajstić information content (AvgIpc) is 2.88. The molecule has 5 nitrogen and oxygen atoms in total. The average molecular weight is 223 g/mol. The molecule has 0 atom stereocenters. The molecule has 1 saturated carbocycles. The molecule has 1 fully saturated rings. The molecule has 0 aromatic carbocycles. The van der Waals surface area contributed by atoms with E-state index in [2.05, 4.69) is 10.5 Å². The SMILES string of the molecule is Cc1cc(C(=O)NC2(CN)CCCC2)no1. The predicted octanol–water partition coefficient (Wildman–Crippen LogP) is 0.984. The summed E-state index contributed by atoms with van der Waals surface area (Å²) in [6, 6.07) is 1.63. The minimum atomic E-state index is -0.232. The van der Waals surface area contributed by atoms with Gasteiger partial charge >= 0.3 is 0 Å². The minimum Gasteiger partial charge on any atom is -0.361 e. The molecular formula is C11H17N3O2. The number of carbonyl (C=O) groups excluding carboxylic acids is 1. The van der Waals surface area contributed by atoms with Crippen LogP contribution in [0.5, 0.6) is 0 Å². The fraction of sp³-hybridized carbons (Fsp3) is 0.636. The molecule has 1 amide bonds. The molecule has 0 aliphatic heterocycles. The van der Waals surface area contributed by atoms with Crippen molar-refractivity contribution in [3.05, 3.63) is 17.5 Å². The van der Waals surface area contributed by atoms with Gasteiger partial charge in [0.05, 0.1) is 5.54 Å². The number of amides is 1. The molecule has 3 N–H and O–H groups in total. The third-order valence-electron chi connectivity index (χ3n) is 3.19. The number of nitrogens with two attached hydrogens (primary N) is 1. The maximum Gasteiger partial charge on any atom is 0.273 e. The molecule has 5 heteroatoms. The van der Waals surface area contributed by atoms with Crippen LogP contribution in [0.15, 0.2) is 10.6 Å². The first kappa shape index (κ1) is 11.1. The van der Waals surface area contributed by atoms with Crippen LogP contribution < -0.4 is 11.1 Å². The Bertz CT molecular complexity index is 380. The quantitative estimate of drug-likeness (QED) is 0.800. The van der Waals surface area contributed by atoms with Crippen LogP contribution in [-0.2, 0) is 0 Å². The summed E-state index contributed by atoms with van der Waals surface area (Å²) in [6.45, 7) is 2.24. The lowest BCUT2D eigenvalue weighted by Crippen LogP contribution is -2.51. The van der Waals surface area contributed by atoms with E-state index in [9.17, 15) is 4.79 Å². The molecule has 1 heterocycles. The van der Waals surface area contributed by atoms with Gasteiger partial charge in [-0.1, -0.05) is 18.0 Å². The van der Waals surface area contributed by atoms with Crippen molar-refractivity contribution in [2.75, 3.05) is 6.54 Å². The van der Waals surface area contributed by atoms with Gasteiger partial charge in [0.2, 0.25) is 0 Å². The predicted molar refractivity (Wildman–Crippen MR) is 59.0 cm³/mol. The number of aromatic nitrogens is 1. The van der Waals surface area contributed by atoms with Crippen molar-refractivity contribution in [2.45, 2.75) is 38.1 Å². The van der Waals surface area contributed by atoms with E-state index in [1.807, 2.05) is 0 Å². The van der Waals surface area contributed by atoms with Gasteiger partial charge in [-0.15, -0.1) is 0 Å². The number of nitrogens with one attached hydrogen (secondary N) is 1. The van der Waals surface area contributed by atoms with Crippen molar-refractivity contribution < 1.29 is 9.32 Å². The highest BCUT2D eigenvalue weighted by Crippen LogP contribution is 2.28. The minimum absolute atomic E-state index is 0.191. The second-order valence-corrected chi connectivity index (χ2v) is 4.47. The molecule has 2 rings (SSSR count). The molecule has 1 aliphatic rings. The molecule has 0 spiro atoms. The van der Waals surface area contributed by atoms with Crippen LogP contribution in [0.3, 0.4) is 0 Å². The summed E-state index contributed by atoms with van der Waals surface area (Å²) >= 11 is 0. The van der Waals surface area contributed by atoms with Crippen molar-refractivity contribution >= 4 is 5.91 Å². The molecule has 0 saturated heterocycles. The lowest BCUT2D eigenvalue weighted by atomic mass is 9.97. The summed E-state index contributed by atoms with van der Waals surface area (Å²) in [5, 5.41) is 6.68. The molecular weight excluding hydrogens is 206 g/mol. The van der Waals surface area contributed by atoms with Crippen LogP contribution in [0.25, 0.3) is 0 Å². The maximum absolute atomic E-state index is 11.9. The number of aryl methyl sites for hydroxylation is 1. The lowest BCUT2D eigenvalue weighted by Gasteiger charge is -2.28. The number of rotatable bonds is 3. The van der Waals surface area contributed by atoms with Crippen molar-refractivity contribution in [2.24, 2.45) is 5.73 Å². The van der Waals surface area contributed by atoms with Crippen LogP contribution in [-0.4, -0.2) is 23.1 Å². The van der Waals surface area contributed by atoms with Crippen molar-refractivity contribution in [3.8, 4) is 0 Å². The molecule has 16 heavy (non-hydrogen) atoms. The van der Waals surface area contributed by atoms with Gasteiger partial charge in [0.15, 0.2) is 5.69 Å². The summed E-state index contributed by atoms with van der Waals surface area (Å²) < 4.78 is 4.87. The highest BCUT2D eigenvalue weighted by molar-refractivity contribution is 5.92. The Labute approximate surface area is 94.4 Å².